The third kappa shape index (κ3) is 10.2. The first-order valence-electron chi connectivity index (χ1n) is 11.5. The van der Waals surface area contributed by atoms with Crippen LogP contribution in [0, 0.1) is 5.92 Å². The molecule has 11 heteroatoms. The Morgan fingerprint density at radius 2 is 1.54 bits per heavy atom. The van der Waals surface area contributed by atoms with Crippen LogP contribution >= 0.6 is 0 Å². The van der Waals surface area contributed by atoms with E-state index in [0.29, 0.717) is 5.56 Å². The van der Waals surface area contributed by atoms with Crippen molar-refractivity contribution in [2.45, 2.75) is 71.9 Å². The molecule has 1 rings (SSSR count). The normalized spacial score (nSPS) is 14.1. The van der Waals surface area contributed by atoms with E-state index >= 15 is 0 Å². The zero-order valence-electron chi connectivity index (χ0n) is 20.8. The first-order valence-corrected chi connectivity index (χ1v) is 11.5. The van der Waals surface area contributed by atoms with Crippen molar-refractivity contribution in [3.05, 3.63) is 23.8 Å². The lowest BCUT2D eigenvalue weighted by Crippen LogP contribution is -2.52. The Kier molecular flexibility index (Phi) is 12.0. The molecule has 0 spiro atoms. The van der Waals surface area contributed by atoms with Crippen molar-refractivity contribution in [2.24, 2.45) is 11.7 Å². The van der Waals surface area contributed by atoms with Crippen LogP contribution in [0.25, 0.3) is 0 Å². The number of nitrogens with two attached hydrogens (primary N) is 1. The number of benzene rings is 1. The predicted octanol–water partition coefficient (Wildman–Crippen LogP) is 3.84. The minimum absolute atomic E-state index is 0.0468. The number of hydrogen-bond acceptors (Lipinski definition) is 10. The van der Waals surface area contributed by atoms with E-state index in [-0.39, 0.29) is 49.9 Å². The second-order valence-electron chi connectivity index (χ2n) is 8.21. The van der Waals surface area contributed by atoms with Crippen LogP contribution in [-0.4, -0.2) is 54.2 Å². The maximum absolute atomic E-state index is 12.1. The van der Waals surface area contributed by atoms with Crippen molar-refractivity contribution < 1.29 is 48.0 Å². The van der Waals surface area contributed by atoms with Gasteiger partial charge in [0.15, 0.2) is 11.5 Å². The van der Waals surface area contributed by atoms with E-state index in [9.17, 15) is 24.3 Å². The Hall–Kier alpha value is -3.34. The van der Waals surface area contributed by atoms with Gasteiger partial charge in [-0.25, -0.2) is 9.59 Å². The summed E-state index contributed by atoms with van der Waals surface area (Å²) in [4.78, 5) is 47.7. The van der Waals surface area contributed by atoms with Gasteiger partial charge in [-0.05, 0) is 44.4 Å². The van der Waals surface area contributed by atoms with Crippen LogP contribution < -0.4 is 15.2 Å². The van der Waals surface area contributed by atoms with Crippen molar-refractivity contribution in [3.63, 3.8) is 0 Å². The number of carbonyl (C=O) groups is 4. The highest BCUT2D eigenvalue weighted by Crippen LogP contribution is 2.31. The number of ether oxygens (including phenoxy) is 5. The quantitative estimate of drug-likeness (QED) is 0.231. The van der Waals surface area contributed by atoms with E-state index < -0.39 is 35.9 Å². The molecule has 1 aromatic rings. The average molecular weight is 498 g/mol. The number of carboxylic acids is 1. The highest BCUT2D eigenvalue weighted by Gasteiger charge is 2.37. The molecule has 2 unspecified atom stereocenters. The van der Waals surface area contributed by atoms with Gasteiger partial charge in [-0.2, -0.15) is 0 Å². The molecule has 0 heterocycles. The summed E-state index contributed by atoms with van der Waals surface area (Å²) >= 11 is 0. The third-order valence-corrected chi connectivity index (χ3v) is 5.06. The van der Waals surface area contributed by atoms with Gasteiger partial charge in [0.05, 0.1) is 13.2 Å². The standard InChI is InChI=1S/C24H35NO10/c1-6-15(4)11-20(26)33-16(5)13-24(25,21(27)28)14-17-9-10-18(34-22(29)31-7-2)19(12-17)35-23(30)32-8-3/h9-10,12,15-16H,6-8,11,13-14,25H2,1-5H3,(H,27,28)/t15?,16-,24?/m0/s1. The zero-order valence-corrected chi connectivity index (χ0v) is 20.8. The summed E-state index contributed by atoms with van der Waals surface area (Å²) in [6.45, 7) is 8.74. The Labute approximate surface area is 204 Å². The molecule has 0 saturated heterocycles. The number of rotatable bonds is 13. The van der Waals surface area contributed by atoms with Crippen LogP contribution in [0.1, 0.15) is 59.4 Å². The van der Waals surface area contributed by atoms with Crippen LogP contribution in [0.3, 0.4) is 0 Å². The average Bonchev–Trinajstić information content (AvgIpc) is 2.75. The maximum Gasteiger partial charge on any atom is 0.513 e. The van der Waals surface area contributed by atoms with Gasteiger partial charge in [0, 0.05) is 19.3 Å². The second kappa shape index (κ2) is 14.1. The molecule has 11 nitrogen and oxygen atoms in total. The van der Waals surface area contributed by atoms with Crippen LogP contribution in [0.2, 0.25) is 0 Å². The molecule has 3 atom stereocenters. The Balaban J connectivity index is 3.10. The van der Waals surface area contributed by atoms with Crippen molar-refractivity contribution in [1.82, 2.24) is 0 Å². The van der Waals surface area contributed by atoms with E-state index in [1.807, 2.05) is 13.8 Å². The molecule has 0 radical (unpaired) electrons. The molecular formula is C24H35NO10. The summed E-state index contributed by atoms with van der Waals surface area (Å²) in [6, 6.07) is 4.10. The van der Waals surface area contributed by atoms with Crippen LogP contribution in [0.4, 0.5) is 9.59 Å². The summed E-state index contributed by atoms with van der Waals surface area (Å²) in [5.74, 6) is -1.91. The molecule has 0 bridgehead atoms. The monoisotopic (exact) mass is 497 g/mol. The van der Waals surface area contributed by atoms with Crippen molar-refractivity contribution in [3.8, 4) is 11.5 Å². The molecule has 35 heavy (non-hydrogen) atoms. The number of aliphatic carboxylic acids is 1. The maximum atomic E-state index is 12.1. The molecule has 3 N–H and O–H groups in total. The molecular weight excluding hydrogens is 462 g/mol. The fourth-order valence-electron chi connectivity index (χ4n) is 3.16. The van der Waals surface area contributed by atoms with Crippen LogP contribution in [0.15, 0.2) is 18.2 Å². The van der Waals surface area contributed by atoms with Gasteiger partial charge in [-0.1, -0.05) is 26.3 Å². The second-order valence-corrected chi connectivity index (χ2v) is 8.21. The lowest BCUT2D eigenvalue weighted by molar-refractivity contribution is -0.154. The minimum atomic E-state index is -1.80. The van der Waals surface area contributed by atoms with Gasteiger partial charge in [0.2, 0.25) is 0 Å². The molecule has 0 saturated carbocycles. The summed E-state index contributed by atoms with van der Waals surface area (Å²) in [5, 5.41) is 9.82. The van der Waals surface area contributed by atoms with E-state index in [0.717, 1.165) is 6.42 Å². The summed E-state index contributed by atoms with van der Waals surface area (Å²) < 4.78 is 25.0. The van der Waals surface area contributed by atoms with E-state index in [2.05, 4.69) is 0 Å². The summed E-state index contributed by atoms with van der Waals surface area (Å²) in [6.07, 6.45) is -2.14. The lowest BCUT2D eigenvalue weighted by atomic mass is 9.86. The highest BCUT2D eigenvalue weighted by molar-refractivity contribution is 5.79. The number of hydrogen-bond donors (Lipinski definition) is 2. The molecule has 0 aromatic heterocycles. The fraction of sp³-hybridized carbons (Fsp3) is 0.583. The van der Waals surface area contributed by atoms with Gasteiger partial charge < -0.3 is 34.5 Å². The Morgan fingerprint density at radius 1 is 0.971 bits per heavy atom. The van der Waals surface area contributed by atoms with Crippen molar-refractivity contribution in [2.75, 3.05) is 13.2 Å². The van der Waals surface area contributed by atoms with Gasteiger partial charge in [-0.15, -0.1) is 0 Å². The Bertz CT molecular complexity index is 887. The smallest absolute Gasteiger partial charge is 0.480 e. The number of carbonyl (C=O) groups excluding carboxylic acids is 3. The Morgan fingerprint density at radius 3 is 2.06 bits per heavy atom. The molecule has 196 valence electrons. The van der Waals surface area contributed by atoms with Gasteiger partial charge in [0.25, 0.3) is 0 Å². The zero-order chi connectivity index (χ0) is 26.6. The van der Waals surface area contributed by atoms with Crippen LogP contribution in [0.5, 0.6) is 11.5 Å². The first-order chi connectivity index (χ1) is 16.4. The summed E-state index contributed by atoms with van der Waals surface area (Å²) in [5.41, 5.74) is 4.77. The third-order valence-electron chi connectivity index (χ3n) is 5.06. The molecule has 0 amide bonds. The van der Waals surface area contributed by atoms with Crippen molar-refractivity contribution in [1.29, 1.82) is 0 Å². The van der Waals surface area contributed by atoms with Crippen LogP contribution in [-0.2, 0) is 30.2 Å². The highest BCUT2D eigenvalue weighted by atomic mass is 16.7. The van der Waals surface area contributed by atoms with Gasteiger partial charge >= 0.3 is 24.2 Å². The molecule has 0 aliphatic heterocycles. The molecule has 0 aliphatic rings. The lowest BCUT2D eigenvalue weighted by Gasteiger charge is -2.28. The van der Waals surface area contributed by atoms with E-state index in [4.69, 9.17) is 29.4 Å². The van der Waals surface area contributed by atoms with Gasteiger partial charge in [0.1, 0.15) is 11.6 Å². The van der Waals surface area contributed by atoms with E-state index in [1.54, 1.807) is 20.8 Å². The number of carboxylic acid groups (broad SMARTS) is 1. The molecule has 0 aliphatic carbocycles. The topological polar surface area (TPSA) is 161 Å². The largest absolute Gasteiger partial charge is 0.513 e. The molecule has 1 aromatic carbocycles. The van der Waals surface area contributed by atoms with Crippen molar-refractivity contribution >= 4 is 24.2 Å². The van der Waals surface area contributed by atoms with Gasteiger partial charge in [-0.3, -0.25) is 9.59 Å². The minimum Gasteiger partial charge on any atom is -0.480 e. The fourth-order valence-corrected chi connectivity index (χ4v) is 3.16. The first kappa shape index (κ1) is 29.7. The van der Waals surface area contributed by atoms with E-state index in [1.165, 1.54) is 18.2 Å². The number of esters is 1. The summed E-state index contributed by atoms with van der Waals surface area (Å²) in [7, 11) is 0. The predicted molar refractivity (Wildman–Crippen MR) is 124 cm³/mol. The SMILES string of the molecule is CCOC(=O)Oc1ccc(CC(N)(C[C@H](C)OC(=O)CC(C)CC)C(=O)O)cc1OC(=O)OCC. The molecule has 0 fully saturated rings.